The van der Waals surface area contributed by atoms with Crippen LogP contribution in [0.3, 0.4) is 0 Å². The molecule has 1 aromatic carbocycles. The Hall–Kier alpha value is -2.69. The normalized spacial score (nSPS) is 27.3. The molecule has 1 aliphatic heterocycles. The van der Waals surface area contributed by atoms with Crippen LogP contribution >= 0.6 is 11.8 Å². The van der Waals surface area contributed by atoms with Crippen molar-refractivity contribution in [3.63, 3.8) is 0 Å². The third kappa shape index (κ3) is 6.49. The van der Waals surface area contributed by atoms with Crippen LogP contribution in [0.15, 0.2) is 36.7 Å². The fourth-order valence-corrected chi connectivity index (χ4v) is 7.50. The molecule has 15 heteroatoms. The van der Waals surface area contributed by atoms with Crippen molar-refractivity contribution in [1.82, 2.24) is 20.0 Å². The van der Waals surface area contributed by atoms with Crippen LogP contribution in [0.4, 0.5) is 22.0 Å². The summed E-state index contributed by atoms with van der Waals surface area (Å²) in [5, 5.41) is 40.4. The summed E-state index contributed by atoms with van der Waals surface area (Å²) in [4.78, 5) is 4.48. The molecule has 0 bridgehead atoms. The number of aliphatic hydroxyl groups is 3. The monoisotopic (exact) mass is 644 g/mol. The molecule has 44 heavy (non-hydrogen) atoms. The Morgan fingerprint density at radius 2 is 1.84 bits per heavy atom. The molecule has 9 nitrogen and oxygen atoms in total. The second-order valence-electron chi connectivity index (χ2n) is 11.1. The van der Waals surface area contributed by atoms with Crippen molar-refractivity contribution >= 4 is 11.8 Å². The van der Waals surface area contributed by atoms with E-state index in [0.29, 0.717) is 5.69 Å². The Bertz CT molecular complexity index is 1430. The second-order valence-corrected chi connectivity index (χ2v) is 12.4. The fraction of sp³-hybridized carbons (Fsp3) is 0.552. The molecule has 1 saturated carbocycles. The summed E-state index contributed by atoms with van der Waals surface area (Å²) in [5.41, 5.74) is -1.53. The summed E-state index contributed by atoms with van der Waals surface area (Å²) in [6.07, 6.45) is -2.17. The van der Waals surface area contributed by atoms with Gasteiger partial charge in [-0.1, -0.05) is 11.3 Å². The molecule has 3 aromatic rings. The van der Waals surface area contributed by atoms with E-state index in [0.717, 1.165) is 29.5 Å². The highest BCUT2D eigenvalue weighted by molar-refractivity contribution is 8.00. The number of hydrogen-bond acceptors (Lipinski definition) is 9. The van der Waals surface area contributed by atoms with Crippen molar-refractivity contribution in [2.75, 3.05) is 13.2 Å². The summed E-state index contributed by atoms with van der Waals surface area (Å²) < 4.78 is 83.1. The van der Waals surface area contributed by atoms with Gasteiger partial charge in [-0.25, -0.2) is 26.6 Å². The second kappa shape index (κ2) is 13.0. The number of aromatic nitrogens is 4. The van der Waals surface area contributed by atoms with Crippen LogP contribution in [-0.4, -0.2) is 83.8 Å². The number of nitrogens with zero attached hydrogens (tertiary/aromatic N) is 4. The van der Waals surface area contributed by atoms with Gasteiger partial charge in [-0.15, -0.1) is 16.9 Å². The lowest BCUT2D eigenvalue weighted by Gasteiger charge is -2.47. The number of aryl methyl sites for hydroxylation is 1. The molecule has 0 radical (unpaired) electrons. The van der Waals surface area contributed by atoms with Gasteiger partial charge in [-0.05, 0) is 50.5 Å². The molecule has 2 aromatic heterocycles. The van der Waals surface area contributed by atoms with Crippen LogP contribution in [0, 0.1) is 24.4 Å². The maximum absolute atomic E-state index is 14.2. The molecule has 240 valence electrons. The van der Waals surface area contributed by atoms with E-state index in [2.05, 4.69) is 15.3 Å². The first kappa shape index (κ1) is 32.7. The van der Waals surface area contributed by atoms with Gasteiger partial charge in [-0.3, -0.25) is 4.98 Å². The van der Waals surface area contributed by atoms with Crippen LogP contribution in [0.25, 0.3) is 11.3 Å². The summed E-state index contributed by atoms with van der Waals surface area (Å²) in [7, 11) is 0. The molecule has 0 unspecified atom stereocenters. The molecule has 1 saturated heterocycles. The van der Waals surface area contributed by atoms with E-state index >= 15 is 0 Å². The maximum Gasteiger partial charge on any atom is 0.248 e. The Labute approximate surface area is 254 Å². The molecule has 0 amide bonds. The molecule has 2 aliphatic rings. The molecule has 3 N–H and O–H groups in total. The van der Waals surface area contributed by atoms with Gasteiger partial charge in [0.25, 0.3) is 0 Å². The minimum Gasteiger partial charge on any atom is -0.394 e. The SMILES string of the molecule is CCO[C@@H]1[C@@H](n2cc(-c3cc(F)c(F)c(F)c3)nn2)[C@@H](O)[C@@H](CO)O[C@H]1S[C@@H](c1ncccc1C)C1(O)CCC(F)(F)CC1. The third-order valence-electron chi connectivity index (χ3n) is 8.18. The molecule has 0 spiro atoms. The third-order valence-corrected chi connectivity index (χ3v) is 9.76. The van der Waals surface area contributed by atoms with Crippen molar-refractivity contribution in [2.24, 2.45) is 0 Å². The average Bonchev–Trinajstić information content (AvgIpc) is 3.47. The summed E-state index contributed by atoms with van der Waals surface area (Å²) in [6, 6.07) is 3.97. The first-order chi connectivity index (χ1) is 20.9. The fourth-order valence-electron chi connectivity index (χ4n) is 5.76. The summed E-state index contributed by atoms with van der Waals surface area (Å²) in [5.74, 6) is -7.38. The maximum atomic E-state index is 14.2. The Kier molecular flexibility index (Phi) is 9.64. The van der Waals surface area contributed by atoms with E-state index < -0.39 is 83.5 Å². The van der Waals surface area contributed by atoms with Crippen LogP contribution in [-0.2, 0) is 9.47 Å². The highest BCUT2D eigenvalue weighted by Crippen LogP contribution is 2.53. The molecule has 6 atom stereocenters. The van der Waals surface area contributed by atoms with E-state index in [4.69, 9.17) is 9.47 Å². The van der Waals surface area contributed by atoms with Crippen molar-refractivity contribution in [2.45, 2.75) is 86.1 Å². The molecule has 3 heterocycles. The van der Waals surface area contributed by atoms with Crippen LogP contribution in [0.1, 0.15) is 55.2 Å². The Morgan fingerprint density at radius 1 is 1.16 bits per heavy atom. The van der Waals surface area contributed by atoms with Crippen molar-refractivity contribution in [3.8, 4) is 11.3 Å². The van der Waals surface area contributed by atoms with Crippen molar-refractivity contribution in [1.29, 1.82) is 0 Å². The first-order valence-electron chi connectivity index (χ1n) is 14.2. The van der Waals surface area contributed by atoms with Gasteiger partial charge >= 0.3 is 0 Å². The molecular formula is C29H33F5N4O5S. The Morgan fingerprint density at radius 3 is 2.45 bits per heavy atom. The predicted molar refractivity (Wildman–Crippen MR) is 149 cm³/mol. The largest absolute Gasteiger partial charge is 0.394 e. The highest BCUT2D eigenvalue weighted by Gasteiger charge is 2.53. The van der Waals surface area contributed by atoms with Gasteiger partial charge < -0.3 is 24.8 Å². The highest BCUT2D eigenvalue weighted by atomic mass is 32.2. The van der Waals surface area contributed by atoms with E-state index in [-0.39, 0.29) is 30.7 Å². The zero-order valence-electron chi connectivity index (χ0n) is 23.9. The zero-order valence-corrected chi connectivity index (χ0v) is 24.7. The van der Waals surface area contributed by atoms with E-state index in [1.165, 1.54) is 10.9 Å². The molecule has 5 rings (SSSR count). The Balaban J connectivity index is 1.52. The topological polar surface area (TPSA) is 123 Å². The molecule has 1 aliphatic carbocycles. The number of thioether (sulfide) groups is 1. The number of halogens is 5. The first-order valence-corrected chi connectivity index (χ1v) is 15.1. The van der Waals surface area contributed by atoms with Crippen LogP contribution in [0.5, 0.6) is 0 Å². The lowest BCUT2D eigenvalue weighted by Crippen LogP contribution is -2.56. The van der Waals surface area contributed by atoms with Crippen molar-refractivity contribution < 1.29 is 46.7 Å². The summed E-state index contributed by atoms with van der Waals surface area (Å²) >= 11 is 1.09. The minimum atomic E-state index is -2.91. The smallest absolute Gasteiger partial charge is 0.248 e. The van der Waals surface area contributed by atoms with Gasteiger partial charge in [-0.2, -0.15) is 0 Å². The van der Waals surface area contributed by atoms with E-state index in [1.54, 1.807) is 32.2 Å². The van der Waals surface area contributed by atoms with E-state index in [9.17, 15) is 37.3 Å². The quantitative estimate of drug-likeness (QED) is 0.228. The molecule has 2 fully saturated rings. The number of hydrogen-bond donors (Lipinski definition) is 3. The number of ether oxygens (including phenoxy) is 2. The van der Waals surface area contributed by atoms with Crippen LogP contribution < -0.4 is 0 Å². The number of benzene rings is 1. The number of alkyl halides is 2. The number of rotatable bonds is 9. The van der Waals surface area contributed by atoms with Gasteiger partial charge in [0.2, 0.25) is 5.92 Å². The van der Waals surface area contributed by atoms with E-state index in [1.807, 2.05) is 0 Å². The lowest BCUT2D eigenvalue weighted by molar-refractivity contribution is -0.192. The summed E-state index contributed by atoms with van der Waals surface area (Å²) in [6.45, 7) is 3.02. The average molecular weight is 645 g/mol. The van der Waals surface area contributed by atoms with Gasteiger partial charge in [0, 0.05) is 31.2 Å². The predicted octanol–water partition coefficient (Wildman–Crippen LogP) is 4.51. The molecular weight excluding hydrogens is 611 g/mol. The van der Waals surface area contributed by atoms with Crippen LogP contribution in [0.2, 0.25) is 0 Å². The lowest BCUT2D eigenvalue weighted by atomic mass is 9.79. The zero-order chi connectivity index (χ0) is 31.8. The van der Waals surface area contributed by atoms with Crippen molar-refractivity contribution in [3.05, 3.63) is 65.4 Å². The van der Waals surface area contributed by atoms with Gasteiger partial charge in [0.1, 0.15) is 35.5 Å². The number of aliphatic hydroxyl groups excluding tert-OH is 2. The number of pyridine rings is 1. The standard InChI is InChI=1S/C29H33F5N4O5S/c1-3-42-25-23(38-13-19(36-37-38)16-11-17(30)21(32)18(31)12-16)24(40)20(14-39)43-27(25)44-26(22-15(2)5-4-10-35-22)28(41)6-8-29(33,34)9-7-28/h4-5,10-13,20,23-27,39-41H,3,6-9,14H2,1-2H3/t20-,23+,24+,25-,26+,27+/m1/s1. The minimum absolute atomic E-state index is 0.0269. The van der Waals surface area contributed by atoms with Gasteiger partial charge in [0.15, 0.2) is 17.5 Å². The van der Waals surface area contributed by atoms with Gasteiger partial charge in [0.05, 0.1) is 29.3 Å².